The Hall–Kier alpha value is 0.350. The van der Waals surface area contributed by atoms with Crippen LogP contribution in [0.4, 0.5) is 0 Å². The van der Waals surface area contributed by atoms with Crippen molar-refractivity contribution in [3.8, 4) is 0 Å². The van der Waals surface area contributed by atoms with Gasteiger partial charge in [-0.05, 0) is 25.7 Å². The maximum Gasteiger partial charge on any atom is 0.00506 e. The van der Waals surface area contributed by atoms with E-state index in [0.29, 0.717) is 0 Å². The zero-order chi connectivity index (χ0) is 8.23. The van der Waals surface area contributed by atoms with E-state index in [-0.39, 0.29) is 0 Å². The molecule has 0 aromatic rings. The first-order valence-corrected chi connectivity index (χ1v) is 6.55. The van der Waals surface area contributed by atoms with E-state index < -0.39 is 0 Å². The number of rotatable bonds is 2. The lowest BCUT2D eigenvalue weighted by molar-refractivity contribution is 0.513. The average molecular weight is 184 g/mol. The minimum absolute atomic E-state index is 1.04. The highest BCUT2D eigenvalue weighted by molar-refractivity contribution is 8.00. The smallest absolute Gasteiger partial charge is 0.00506 e. The van der Waals surface area contributed by atoms with Crippen LogP contribution < -0.4 is 0 Å². The lowest BCUT2D eigenvalue weighted by Gasteiger charge is -2.18. The molecule has 0 unspecified atom stereocenters. The van der Waals surface area contributed by atoms with Crippen molar-refractivity contribution in [3.63, 3.8) is 0 Å². The average Bonchev–Trinajstić information content (AvgIpc) is 2.78. The van der Waals surface area contributed by atoms with Crippen LogP contribution in [0.3, 0.4) is 0 Å². The van der Waals surface area contributed by atoms with Crippen LogP contribution in [-0.2, 0) is 0 Å². The molecule has 2 rings (SSSR count). The highest BCUT2D eigenvalue weighted by Gasteiger charge is 2.25. The molecular formula is C11H20S. The fourth-order valence-electron chi connectivity index (χ4n) is 2.03. The minimum atomic E-state index is 1.04. The van der Waals surface area contributed by atoms with Gasteiger partial charge in [0.25, 0.3) is 0 Å². The summed E-state index contributed by atoms with van der Waals surface area (Å²) in [5.74, 6) is 0. The molecule has 2 fully saturated rings. The predicted octanol–water partition coefficient (Wildman–Crippen LogP) is 3.99. The third-order valence-electron chi connectivity index (χ3n) is 2.96. The fourth-order valence-corrected chi connectivity index (χ4v) is 3.59. The summed E-state index contributed by atoms with van der Waals surface area (Å²) in [6, 6.07) is 0. The Morgan fingerprint density at radius 3 is 1.67 bits per heavy atom. The first-order chi connectivity index (χ1) is 5.95. The van der Waals surface area contributed by atoms with Crippen molar-refractivity contribution in [2.45, 2.75) is 68.3 Å². The normalized spacial score (nSPS) is 28.0. The Bertz CT molecular complexity index is 121. The zero-order valence-corrected chi connectivity index (χ0v) is 8.74. The van der Waals surface area contributed by atoms with Gasteiger partial charge in [0.2, 0.25) is 0 Å². The van der Waals surface area contributed by atoms with Crippen LogP contribution in [0.2, 0.25) is 0 Å². The van der Waals surface area contributed by atoms with Crippen molar-refractivity contribution >= 4 is 11.8 Å². The van der Waals surface area contributed by atoms with E-state index in [2.05, 4.69) is 11.8 Å². The Kier molecular flexibility index (Phi) is 3.38. The van der Waals surface area contributed by atoms with Gasteiger partial charge in [0.1, 0.15) is 0 Å². The Morgan fingerprint density at radius 1 is 0.583 bits per heavy atom. The SMILES string of the molecule is C1CCCC(SC2CC2)CCC1. The number of hydrogen-bond acceptors (Lipinski definition) is 1. The molecule has 0 atom stereocenters. The van der Waals surface area contributed by atoms with E-state index in [1.807, 2.05) is 0 Å². The van der Waals surface area contributed by atoms with E-state index in [0.717, 1.165) is 10.5 Å². The minimum Gasteiger partial charge on any atom is -0.155 e. The van der Waals surface area contributed by atoms with Crippen LogP contribution in [0.5, 0.6) is 0 Å². The molecule has 0 saturated heterocycles. The van der Waals surface area contributed by atoms with Gasteiger partial charge in [0.05, 0.1) is 0 Å². The summed E-state index contributed by atoms with van der Waals surface area (Å²) in [5, 5.41) is 2.12. The van der Waals surface area contributed by atoms with Crippen LogP contribution in [0.1, 0.15) is 57.8 Å². The molecule has 0 bridgehead atoms. The molecule has 0 nitrogen and oxygen atoms in total. The van der Waals surface area contributed by atoms with Gasteiger partial charge in [0.15, 0.2) is 0 Å². The Morgan fingerprint density at radius 2 is 1.08 bits per heavy atom. The molecule has 12 heavy (non-hydrogen) atoms. The van der Waals surface area contributed by atoms with Crippen molar-refractivity contribution in [1.82, 2.24) is 0 Å². The molecule has 2 aliphatic rings. The first kappa shape index (κ1) is 8.93. The monoisotopic (exact) mass is 184 g/mol. The molecule has 0 N–H and O–H groups in total. The van der Waals surface area contributed by atoms with Gasteiger partial charge in [-0.1, -0.05) is 32.1 Å². The molecule has 0 aromatic carbocycles. The van der Waals surface area contributed by atoms with Crippen molar-refractivity contribution in [1.29, 1.82) is 0 Å². The Labute approximate surface area is 80.5 Å². The molecular weight excluding hydrogens is 164 g/mol. The van der Waals surface area contributed by atoms with Crippen molar-refractivity contribution in [2.75, 3.05) is 0 Å². The molecule has 2 saturated carbocycles. The fraction of sp³-hybridized carbons (Fsp3) is 1.00. The highest BCUT2D eigenvalue weighted by atomic mass is 32.2. The van der Waals surface area contributed by atoms with Crippen LogP contribution in [0, 0.1) is 0 Å². The quantitative estimate of drug-likeness (QED) is 0.625. The van der Waals surface area contributed by atoms with E-state index in [1.54, 1.807) is 0 Å². The standard InChI is InChI=1S/C11H20S/c1-2-4-6-10(7-5-3-1)12-11-8-9-11/h10-11H,1-9H2. The van der Waals surface area contributed by atoms with Crippen LogP contribution >= 0.6 is 11.8 Å². The molecule has 1 heteroatoms. The highest BCUT2D eigenvalue weighted by Crippen LogP contribution is 2.40. The first-order valence-electron chi connectivity index (χ1n) is 5.60. The van der Waals surface area contributed by atoms with E-state index in [9.17, 15) is 0 Å². The molecule has 70 valence electrons. The van der Waals surface area contributed by atoms with Gasteiger partial charge in [0, 0.05) is 10.5 Å². The van der Waals surface area contributed by atoms with Gasteiger partial charge in [-0.15, -0.1) is 0 Å². The van der Waals surface area contributed by atoms with Gasteiger partial charge in [-0.2, -0.15) is 11.8 Å². The Balaban J connectivity index is 1.69. The number of thioether (sulfide) groups is 1. The maximum absolute atomic E-state index is 2.31. The molecule has 0 spiro atoms. The van der Waals surface area contributed by atoms with Gasteiger partial charge < -0.3 is 0 Å². The summed E-state index contributed by atoms with van der Waals surface area (Å²) < 4.78 is 0. The zero-order valence-electron chi connectivity index (χ0n) is 7.93. The third-order valence-corrected chi connectivity index (χ3v) is 4.67. The molecule has 0 heterocycles. The molecule has 0 aliphatic heterocycles. The van der Waals surface area contributed by atoms with Crippen LogP contribution in [0.15, 0.2) is 0 Å². The van der Waals surface area contributed by atoms with E-state index >= 15 is 0 Å². The summed E-state index contributed by atoms with van der Waals surface area (Å²) in [5.41, 5.74) is 0. The van der Waals surface area contributed by atoms with E-state index in [1.165, 1.54) is 57.8 Å². The lowest BCUT2D eigenvalue weighted by atomic mass is 10.0. The van der Waals surface area contributed by atoms with Crippen molar-refractivity contribution in [2.24, 2.45) is 0 Å². The molecule has 0 aromatic heterocycles. The molecule has 2 aliphatic carbocycles. The second-order valence-electron chi connectivity index (χ2n) is 4.30. The molecule has 0 radical (unpaired) electrons. The topological polar surface area (TPSA) is 0 Å². The maximum atomic E-state index is 2.31. The van der Waals surface area contributed by atoms with Crippen molar-refractivity contribution in [3.05, 3.63) is 0 Å². The van der Waals surface area contributed by atoms with Gasteiger partial charge >= 0.3 is 0 Å². The molecule has 0 amide bonds. The van der Waals surface area contributed by atoms with Gasteiger partial charge in [-0.25, -0.2) is 0 Å². The summed E-state index contributed by atoms with van der Waals surface area (Å²) in [7, 11) is 0. The summed E-state index contributed by atoms with van der Waals surface area (Å²) in [4.78, 5) is 0. The second-order valence-corrected chi connectivity index (χ2v) is 5.91. The predicted molar refractivity (Wildman–Crippen MR) is 56.7 cm³/mol. The second kappa shape index (κ2) is 4.55. The summed E-state index contributed by atoms with van der Waals surface area (Å²) in [6.45, 7) is 0. The van der Waals surface area contributed by atoms with Gasteiger partial charge in [-0.3, -0.25) is 0 Å². The van der Waals surface area contributed by atoms with E-state index in [4.69, 9.17) is 0 Å². The van der Waals surface area contributed by atoms with Crippen molar-refractivity contribution < 1.29 is 0 Å². The largest absolute Gasteiger partial charge is 0.155 e. The summed E-state index contributed by atoms with van der Waals surface area (Å²) in [6.07, 6.45) is 13.6. The third kappa shape index (κ3) is 3.01. The van der Waals surface area contributed by atoms with Crippen LogP contribution in [-0.4, -0.2) is 10.5 Å². The lowest BCUT2D eigenvalue weighted by Crippen LogP contribution is -2.06. The number of hydrogen-bond donors (Lipinski definition) is 0. The van der Waals surface area contributed by atoms with Crippen LogP contribution in [0.25, 0.3) is 0 Å². The summed E-state index contributed by atoms with van der Waals surface area (Å²) >= 11 is 2.31.